The number of nitrogens with one attached hydrogen (secondary N) is 1. The van der Waals surface area contributed by atoms with Gasteiger partial charge in [-0.3, -0.25) is 0 Å². The minimum atomic E-state index is -0.809. The van der Waals surface area contributed by atoms with E-state index in [1.807, 2.05) is 6.92 Å². The molecule has 2 heteroatoms. The van der Waals surface area contributed by atoms with Crippen LogP contribution < -0.4 is 5.32 Å². The van der Waals surface area contributed by atoms with Gasteiger partial charge in [-0.1, -0.05) is 31.5 Å². The fraction of sp³-hybridized carbons (Fsp3) is 0.625. The summed E-state index contributed by atoms with van der Waals surface area (Å²) in [7, 11) is 0. The molecule has 1 atom stereocenters. The molecule has 0 aliphatic rings. The van der Waals surface area contributed by atoms with Crippen molar-refractivity contribution in [3.63, 3.8) is 0 Å². The highest BCUT2D eigenvalue weighted by atomic mass is 16.3. The molecule has 2 N–H and O–H groups in total. The van der Waals surface area contributed by atoms with Crippen molar-refractivity contribution in [1.82, 2.24) is 5.32 Å². The average molecular weight is 249 g/mol. The molecule has 0 saturated carbocycles. The topological polar surface area (TPSA) is 32.3 Å². The fourth-order valence-corrected chi connectivity index (χ4v) is 2.72. The third-order valence-corrected chi connectivity index (χ3v) is 3.24. The van der Waals surface area contributed by atoms with Crippen molar-refractivity contribution in [2.24, 2.45) is 5.92 Å². The van der Waals surface area contributed by atoms with E-state index in [-0.39, 0.29) is 0 Å². The third kappa shape index (κ3) is 3.82. The van der Waals surface area contributed by atoms with Crippen molar-refractivity contribution in [1.29, 1.82) is 0 Å². The molecule has 1 aromatic rings. The maximum Gasteiger partial charge on any atom is 0.0997 e. The van der Waals surface area contributed by atoms with Gasteiger partial charge in [-0.05, 0) is 56.8 Å². The van der Waals surface area contributed by atoms with Gasteiger partial charge < -0.3 is 10.4 Å². The summed E-state index contributed by atoms with van der Waals surface area (Å²) in [5, 5.41) is 14.0. The lowest BCUT2D eigenvalue weighted by atomic mass is 9.87. The molecule has 102 valence electrons. The van der Waals surface area contributed by atoms with Crippen molar-refractivity contribution < 1.29 is 5.11 Å². The van der Waals surface area contributed by atoms with Gasteiger partial charge in [0.15, 0.2) is 0 Å². The van der Waals surface area contributed by atoms with Gasteiger partial charge in [-0.15, -0.1) is 0 Å². The zero-order chi connectivity index (χ0) is 13.9. The monoisotopic (exact) mass is 249 g/mol. The number of rotatable bonds is 5. The van der Waals surface area contributed by atoms with E-state index in [1.165, 1.54) is 16.7 Å². The van der Waals surface area contributed by atoms with Crippen molar-refractivity contribution in [3.05, 3.63) is 34.4 Å². The van der Waals surface area contributed by atoms with Crippen LogP contribution in [0.2, 0.25) is 0 Å². The Morgan fingerprint density at radius 3 is 2.11 bits per heavy atom. The predicted molar refractivity (Wildman–Crippen MR) is 77.9 cm³/mol. The highest BCUT2D eigenvalue weighted by molar-refractivity contribution is 5.41. The number of hydrogen-bond donors (Lipinski definition) is 2. The van der Waals surface area contributed by atoms with Gasteiger partial charge in [0.05, 0.1) is 5.60 Å². The highest BCUT2D eigenvalue weighted by Crippen LogP contribution is 2.28. The Morgan fingerprint density at radius 2 is 1.67 bits per heavy atom. The summed E-state index contributed by atoms with van der Waals surface area (Å²) in [5.41, 5.74) is 3.84. The Hall–Kier alpha value is -0.860. The summed E-state index contributed by atoms with van der Waals surface area (Å²) in [6.45, 7) is 14.0. The fourth-order valence-electron chi connectivity index (χ4n) is 2.72. The molecule has 0 aliphatic carbocycles. The molecule has 0 spiro atoms. The number of aliphatic hydroxyl groups is 1. The Morgan fingerprint density at radius 1 is 1.17 bits per heavy atom. The lowest BCUT2D eigenvalue weighted by molar-refractivity contribution is 0.0551. The van der Waals surface area contributed by atoms with E-state index in [0.717, 1.165) is 12.1 Å². The number of hydrogen-bond acceptors (Lipinski definition) is 2. The molecule has 1 unspecified atom stereocenters. The third-order valence-electron chi connectivity index (χ3n) is 3.24. The maximum atomic E-state index is 10.7. The van der Waals surface area contributed by atoms with E-state index in [2.05, 4.69) is 52.1 Å². The Labute approximate surface area is 111 Å². The molecule has 1 aromatic carbocycles. The van der Waals surface area contributed by atoms with Crippen molar-refractivity contribution in [2.75, 3.05) is 13.1 Å². The molecule has 0 amide bonds. The number of aryl methyl sites for hydroxylation is 3. The quantitative estimate of drug-likeness (QED) is 0.840. The van der Waals surface area contributed by atoms with Gasteiger partial charge in [-0.25, -0.2) is 0 Å². The van der Waals surface area contributed by atoms with E-state index in [9.17, 15) is 5.11 Å². The van der Waals surface area contributed by atoms with Crippen LogP contribution in [0, 0.1) is 26.7 Å². The lowest BCUT2D eigenvalue weighted by Gasteiger charge is -2.28. The van der Waals surface area contributed by atoms with Crippen LogP contribution in [0.15, 0.2) is 12.1 Å². The van der Waals surface area contributed by atoms with Gasteiger partial charge in [-0.2, -0.15) is 0 Å². The first kappa shape index (κ1) is 15.2. The van der Waals surface area contributed by atoms with E-state index in [1.54, 1.807) is 0 Å². The van der Waals surface area contributed by atoms with Crippen LogP contribution in [0.25, 0.3) is 0 Å². The molecule has 0 fully saturated rings. The van der Waals surface area contributed by atoms with Crippen LogP contribution in [0.5, 0.6) is 0 Å². The summed E-state index contributed by atoms with van der Waals surface area (Å²) < 4.78 is 0. The molecule has 0 heterocycles. The summed E-state index contributed by atoms with van der Waals surface area (Å²) in [4.78, 5) is 0. The van der Waals surface area contributed by atoms with Gasteiger partial charge in [0.25, 0.3) is 0 Å². The molecule has 0 bridgehead atoms. The normalized spacial score (nSPS) is 14.9. The standard InChI is InChI=1S/C16H27NO/c1-11(2)9-17-10-16(6,18)15-13(4)7-12(3)8-14(15)5/h7-8,11,17-18H,9-10H2,1-6H3. The molecular formula is C16H27NO. The van der Waals surface area contributed by atoms with Crippen molar-refractivity contribution in [2.45, 2.75) is 47.1 Å². The summed E-state index contributed by atoms with van der Waals surface area (Å²) >= 11 is 0. The largest absolute Gasteiger partial charge is 0.384 e. The van der Waals surface area contributed by atoms with Crippen LogP contribution in [-0.2, 0) is 5.60 Å². The minimum Gasteiger partial charge on any atom is -0.384 e. The van der Waals surface area contributed by atoms with E-state index in [0.29, 0.717) is 12.5 Å². The van der Waals surface area contributed by atoms with Gasteiger partial charge in [0, 0.05) is 6.54 Å². The average Bonchev–Trinajstić information content (AvgIpc) is 2.13. The predicted octanol–water partition coefficient (Wildman–Crippen LogP) is 3.06. The second-order valence-electron chi connectivity index (χ2n) is 6.07. The molecule has 2 nitrogen and oxygen atoms in total. The van der Waals surface area contributed by atoms with E-state index < -0.39 is 5.60 Å². The van der Waals surface area contributed by atoms with Crippen molar-refractivity contribution >= 4 is 0 Å². The van der Waals surface area contributed by atoms with Crippen LogP contribution in [0.1, 0.15) is 43.0 Å². The second kappa shape index (κ2) is 5.85. The minimum absolute atomic E-state index is 0.593. The first-order chi connectivity index (χ1) is 8.24. The Kier molecular flexibility index (Phi) is 4.94. The Bertz CT molecular complexity index is 385. The number of benzene rings is 1. The van der Waals surface area contributed by atoms with Crippen LogP contribution >= 0.6 is 0 Å². The molecule has 0 aromatic heterocycles. The molecule has 1 rings (SSSR count). The lowest BCUT2D eigenvalue weighted by Crippen LogP contribution is -2.38. The second-order valence-corrected chi connectivity index (χ2v) is 6.07. The zero-order valence-electron chi connectivity index (χ0n) is 12.6. The van der Waals surface area contributed by atoms with Crippen LogP contribution in [-0.4, -0.2) is 18.2 Å². The molecule has 0 aliphatic heterocycles. The molecule has 0 radical (unpaired) electrons. The summed E-state index contributed by atoms with van der Waals surface area (Å²) in [6.07, 6.45) is 0. The zero-order valence-corrected chi connectivity index (χ0v) is 12.6. The van der Waals surface area contributed by atoms with Gasteiger partial charge in [0.1, 0.15) is 0 Å². The first-order valence-electron chi connectivity index (χ1n) is 6.75. The van der Waals surface area contributed by atoms with E-state index in [4.69, 9.17) is 0 Å². The van der Waals surface area contributed by atoms with Crippen LogP contribution in [0.3, 0.4) is 0 Å². The van der Waals surface area contributed by atoms with Gasteiger partial charge in [0.2, 0.25) is 0 Å². The molecular weight excluding hydrogens is 222 g/mol. The summed E-state index contributed by atoms with van der Waals surface area (Å²) in [5.74, 6) is 0.598. The first-order valence-corrected chi connectivity index (χ1v) is 6.75. The van der Waals surface area contributed by atoms with Crippen LogP contribution in [0.4, 0.5) is 0 Å². The van der Waals surface area contributed by atoms with E-state index >= 15 is 0 Å². The highest BCUT2D eigenvalue weighted by Gasteiger charge is 2.26. The molecule has 0 saturated heterocycles. The van der Waals surface area contributed by atoms with Gasteiger partial charge >= 0.3 is 0 Å². The molecule has 18 heavy (non-hydrogen) atoms. The summed E-state index contributed by atoms with van der Waals surface area (Å²) in [6, 6.07) is 4.28. The smallest absolute Gasteiger partial charge is 0.0997 e. The Balaban J connectivity index is 2.90. The maximum absolute atomic E-state index is 10.7. The SMILES string of the molecule is Cc1cc(C)c(C(C)(O)CNCC(C)C)c(C)c1. The van der Waals surface area contributed by atoms with Crippen molar-refractivity contribution in [3.8, 4) is 0 Å².